The molecule has 0 unspecified atom stereocenters. The molecule has 2 aromatic rings. The van der Waals surface area contributed by atoms with Gasteiger partial charge in [-0.25, -0.2) is 0 Å². The topological polar surface area (TPSA) is 75.7 Å². The van der Waals surface area contributed by atoms with Crippen LogP contribution in [0.5, 0.6) is 0 Å². The number of carbonyl (C=O) groups excluding carboxylic acids is 3. The molecule has 6 nitrogen and oxygen atoms in total. The van der Waals surface area contributed by atoms with Gasteiger partial charge in [-0.2, -0.15) is 0 Å². The summed E-state index contributed by atoms with van der Waals surface area (Å²) in [4.78, 5) is 41.4. The lowest BCUT2D eigenvalue weighted by Crippen LogP contribution is -2.41. The number of piperidine rings is 1. The second-order valence-corrected chi connectivity index (χ2v) is 9.57. The van der Waals surface area contributed by atoms with Crippen LogP contribution in [0.3, 0.4) is 0 Å². The predicted octanol–water partition coefficient (Wildman–Crippen LogP) is 4.07. The van der Waals surface area contributed by atoms with Crippen molar-refractivity contribution in [2.24, 2.45) is 5.92 Å². The quantitative estimate of drug-likeness (QED) is 0.504. The summed E-state index contributed by atoms with van der Waals surface area (Å²) in [6.45, 7) is 3.85. The molecule has 2 heterocycles. The minimum atomic E-state index is -0.134. The number of ketones is 1. The maximum Gasteiger partial charge on any atom is 0.309 e. The molecule has 0 atom stereocenters. The first kappa shape index (κ1) is 22.7. The van der Waals surface area contributed by atoms with E-state index in [1.165, 1.54) is 4.88 Å². The summed E-state index contributed by atoms with van der Waals surface area (Å²) in [5.74, 6) is -0.339. The van der Waals surface area contributed by atoms with Crippen LogP contribution in [0.15, 0.2) is 30.3 Å². The third-order valence-electron chi connectivity index (χ3n) is 6.26. The van der Waals surface area contributed by atoms with Crippen molar-refractivity contribution in [3.63, 3.8) is 0 Å². The van der Waals surface area contributed by atoms with Crippen LogP contribution in [-0.4, -0.2) is 48.8 Å². The van der Waals surface area contributed by atoms with Gasteiger partial charge in [-0.3, -0.25) is 19.3 Å². The number of amides is 1. The second kappa shape index (κ2) is 10.4. The summed E-state index contributed by atoms with van der Waals surface area (Å²) in [7, 11) is 0. The van der Waals surface area contributed by atoms with Gasteiger partial charge in [0.15, 0.2) is 5.78 Å². The van der Waals surface area contributed by atoms with Crippen molar-refractivity contribution in [2.45, 2.75) is 45.4 Å². The van der Waals surface area contributed by atoms with Crippen molar-refractivity contribution in [3.8, 4) is 0 Å². The van der Waals surface area contributed by atoms with Gasteiger partial charge in [-0.1, -0.05) is 30.3 Å². The van der Waals surface area contributed by atoms with Gasteiger partial charge in [0.2, 0.25) is 5.91 Å². The van der Waals surface area contributed by atoms with Crippen molar-refractivity contribution < 1.29 is 19.1 Å². The van der Waals surface area contributed by atoms with Gasteiger partial charge < -0.3 is 10.1 Å². The van der Waals surface area contributed by atoms with E-state index in [1.54, 1.807) is 11.3 Å². The van der Waals surface area contributed by atoms with Gasteiger partial charge >= 0.3 is 5.97 Å². The van der Waals surface area contributed by atoms with Crippen LogP contribution in [0.2, 0.25) is 0 Å². The molecule has 1 aliphatic carbocycles. The number of hydrogen-bond donors (Lipinski definition) is 1. The van der Waals surface area contributed by atoms with Crippen LogP contribution in [0.4, 0.5) is 5.00 Å². The van der Waals surface area contributed by atoms with E-state index < -0.39 is 0 Å². The summed E-state index contributed by atoms with van der Waals surface area (Å²) < 4.78 is 5.12. The van der Waals surface area contributed by atoms with Crippen LogP contribution in [0, 0.1) is 5.92 Å². The SMILES string of the molecule is CCOC(=O)C1CCN(CC(=O)Nc2sc3c(c2C(=O)c2ccccc2)CCCC3)CC1. The van der Waals surface area contributed by atoms with Gasteiger partial charge in [0, 0.05) is 10.4 Å². The van der Waals surface area contributed by atoms with Crippen LogP contribution >= 0.6 is 11.3 Å². The first-order valence-corrected chi connectivity index (χ1v) is 12.3. The third kappa shape index (κ3) is 5.10. The normalized spacial score (nSPS) is 16.9. The number of rotatable bonds is 7. The number of benzene rings is 1. The first-order chi connectivity index (χ1) is 15.6. The number of carbonyl (C=O) groups is 3. The molecule has 1 aliphatic heterocycles. The number of nitrogens with one attached hydrogen (secondary N) is 1. The molecule has 1 N–H and O–H groups in total. The lowest BCUT2D eigenvalue weighted by Gasteiger charge is -2.30. The highest BCUT2D eigenvalue weighted by atomic mass is 32.1. The van der Waals surface area contributed by atoms with Crippen molar-refractivity contribution in [1.29, 1.82) is 0 Å². The number of anilines is 1. The number of likely N-dealkylation sites (tertiary alicyclic amines) is 1. The number of thiophene rings is 1. The monoisotopic (exact) mass is 454 g/mol. The fourth-order valence-corrected chi connectivity index (χ4v) is 5.89. The molecule has 1 aromatic heterocycles. The van der Waals surface area contributed by atoms with E-state index in [0.29, 0.717) is 48.7 Å². The van der Waals surface area contributed by atoms with Gasteiger partial charge in [-0.15, -0.1) is 11.3 Å². The number of esters is 1. The van der Waals surface area contributed by atoms with Gasteiger partial charge in [0.1, 0.15) is 5.00 Å². The lowest BCUT2D eigenvalue weighted by molar-refractivity contribution is -0.149. The number of aryl methyl sites for hydroxylation is 1. The zero-order valence-corrected chi connectivity index (χ0v) is 19.3. The molecule has 0 radical (unpaired) electrons. The Morgan fingerprint density at radius 2 is 1.81 bits per heavy atom. The summed E-state index contributed by atoms with van der Waals surface area (Å²) in [6.07, 6.45) is 5.45. The molecule has 1 aromatic carbocycles. The van der Waals surface area contributed by atoms with E-state index in [9.17, 15) is 14.4 Å². The average Bonchev–Trinajstić information content (AvgIpc) is 3.17. The van der Waals surface area contributed by atoms with Crippen molar-refractivity contribution in [1.82, 2.24) is 4.90 Å². The molecule has 0 spiro atoms. The third-order valence-corrected chi connectivity index (χ3v) is 7.47. The van der Waals surface area contributed by atoms with Crippen LogP contribution in [-0.2, 0) is 27.2 Å². The van der Waals surface area contributed by atoms with E-state index in [-0.39, 0.29) is 30.1 Å². The van der Waals surface area contributed by atoms with Gasteiger partial charge in [-0.05, 0) is 64.1 Å². The van der Waals surface area contributed by atoms with E-state index in [2.05, 4.69) is 10.2 Å². The highest BCUT2D eigenvalue weighted by molar-refractivity contribution is 7.17. The number of fused-ring (bicyclic) bond motifs is 1. The van der Waals surface area contributed by atoms with Gasteiger partial charge in [0.25, 0.3) is 0 Å². The van der Waals surface area contributed by atoms with Crippen LogP contribution < -0.4 is 5.32 Å². The van der Waals surface area contributed by atoms with E-state index in [4.69, 9.17) is 4.74 Å². The molecule has 0 bridgehead atoms. The summed E-state index contributed by atoms with van der Waals surface area (Å²) in [6, 6.07) is 9.28. The molecule has 0 saturated carbocycles. The Balaban J connectivity index is 1.44. The van der Waals surface area contributed by atoms with Crippen molar-refractivity contribution in [3.05, 3.63) is 51.9 Å². The Kier molecular flexibility index (Phi) is 7.37. The van der Waals surface area contributed by atoms with E-state index in [0.717, 1.165) is 31.2 Å². The molecule has 2 aliphatic rings. The lowest BCUT2D eigenvalue weighted by atomic mass is 9.92. The Morgan fingerprint density at radius 3 is 2.53 bits per heavy atom. The second-order valence-electron chi connectivity index (χ2n) is 8.46. The average molecular weight is 455 g/mol. The smallest absolute Gasteiger partial charge is 0.309 e. The van der Waals surface area contributed by atoms with Crippen molar-refractivity contribution >= 4 is 34.0 Å². The fraction of sp³-hybridized carbons (Fsp3) is 0.480. The number of nitrogens with zero attached hydrogens (tertiary/aromatic N) is 1. The Hall–Kier alpha value is -2.51. The molecular weight excluding hydrogens is 424 g/mol. The van der Waals surface area contributed by atoms with Crippen LogP contribution in [0.1, 0.15) is 59.0 Å². The maximum atomic E-state index is 13.3. The van der Waals surface area contributed by atoms with Crippen molar-refractivity contribution in [2.75, 3.05) is 31.6 Å². The standard InChI is InChI=1S/C25H30N2O4S/c1-2-31-25(30)18-12-14-27(15-13-18)16-21(28)26-24-22(19-10-6-7-11-20(19)32-24)23(29)17-8-4-3-5-9-17/h3-5,8-9,18H,2,6-7,10-16H2,1H3,(H,26,28). The zero-order chi connectivity index (χ0) is 22.5. The van der Waals surface area contributed by atoms with E-state index in [1.807, 2.05) is 37.3 Å². The largest absolute Gasteiger partial charge is 0.466 e. The molecule has 1 amide bonds. The molecule has 1 fully saturated rings. The number of hydrogen-bond acceptors (Lipinski definition) is 6. The molecule has 32 heavy (non-hydrogen) atoms. The zero-order valence-electron chi connectivity index (χ0n) is 18.5. The van der Waals surface area contributed by atoms with E-state index >= 15 is 0 Å². The van der Waals surface area contributed by atoms with Gasteiger partial charge in [0.05, 0.1) is 24.6 Å². The Bertz CT molecular complexity index is 977. The number of ether oxygens (including phenoxy) is 1. The summed E-state index contributed by atoms with van der Waals surface area (Å²) >= 11 is 1.55. The Labute approximate surface area is 192 Å². The highest BCUT2D eigenvalue weighted by Crippen LogP contribution is 2.39. The molecule has 1 saturated heterocycles. The summed E-state index contributed by atoms with van der Waals surface area (Å²) in [5.41, 5.74) is 2.43. The molecule has 4 rings (SSSR count). The highest BCUT2D eigenvalue weighted by Gasteiger charge is 2.29. The molecule has 7 heteroatoms. The maximum absolute atomic E-state index is 13.3. The molecule has 170 valence electrons. The summed E-state index contributed by atoms with van der Waals surface area (Å²) in [5, 5.41) is 3.72. The Morgan fingerprint density at radius 1 is 1.09 bits per heavy atom. The van der Waals surface area contributed by atoms with Crippen LogP contribution in [0.25, 0.3) is 0 Å². The fourth-order valence-electron chi connectivity index (χ4n) is 4.58. The minimum absolute atomic E-state index is 0.0180. The first-order valence-electron chi connectivity index (χ1n) is 11.5. The molecular formula is C25H30N2O4S. The predicted molar refractivity (Wildman–Crippen MR) is 125 cm³/mol. The minimum Gasteiger partial charge on any atom is -0.466 e.